The van der Waals surface area contributed by atoms with Gasteiger partial charge in [-0.15, -0.1) is 0 Å². The first kappa shape index (κ1) is 12.4. The van der Waals surface area contributed by atoms with Crippen molar-refractivity contribution in [2.45, 2.75) is 51.3 Å². The molecule has 2 rings (SSSR count). The molecule has 3 nitrogen and oxygen atoms in total. The van der Waals surface area contributed by atoms with E-state index in [2.05, 4.69) is 5.32 Å². The van der Waals surface area contributed by atoms with Gasteiger partial charge in [-0.05, 0) is 38.2 Å². The lowest BCUT2D eigenvalue weighted by Crippen LogP contribution is -2.35. The van der Waals surface area contributed by atoms with E-state index < -0.39 is 0 Å². The Kier molecular flexibility index (Phi) is 4.02. The Labute approximate surface area is 102 Å². The predicted octanol–water partition coefficient (Wildman–Crippen LogP) is 2.09. The fraction of sp³-hybridized carbons (Fsp3) is 0.571. The molecule has 0 amide bonds. The van der Waals surface area contributed by atoms with Crippen LogP contribution in [0.2, 0.25) is 0 Å². The minimum absolute atomic E-state index is 0.160. The van der Waals surface area contributed by atoms with E-state index in [1.54, 1.807) is 0 Å². The van der Waals surface area contributed by atoms with Crippen LogP contribution in [0, 0.1) is 6.92 Å². The molecule has 2 atom stereocenters. The quantitative estimate of drug-likeness (QED) is 0.752. The van der Waals surface area contributed by atoms with Gasteiger partial charge in [0.25, 0.3) is 0 Å². The van der Waals surface area contributed by atoms with E-state index in [1.807, 2.05) is 25.1 Å². The minimum Gasteiger partial charge on any atom is -0.507 e. The van der Waals surface area contributed by atoms with Crippen molar-refractivity contribution >= 4 is 0 Å². The second-order valence-corrected chi connectivity index (χ2v) is 4.98. The van der Waals surface area contributed by atoms with Crippen molar-refractivity contribution in [1.82, 2.24) is 5.32 Å². The molecule has 1 aliphatic rings. The average Bonchev–Trinajstić information content (AvgIpc) is 2.31. The van der Waals surface area contributed by atoms with Crippen molar-refractivity contribution in [2.24, 2.45) is 0 Å². The van der Waals surface area contributed by atoms with E-state index in [4.69, 9.17) is 0 Å². The Morgan fingerprint density at radius 2 is 2.18 bits per heavy atom. The maximum absolute atomic E-state index is 9.89. The summed E-state index contributed by atoms with van der Waals surface area (Å²) in [5.74, 6) is 0.386. The van der Waals surface area contributed by atoms with Gasteiger partial charge in [-0.1, -0.05) is 18.2 Å². The summed E-state index contributed by atoms with van der Waals surface area (Å²) < 4.78 is 0. The highest BCUT2D eigenvalue weighted by Gasteiger charge is 2.19. The number of phenolic OH excluding ortho intramolecular Hbond substituents is 1. The standard InChI is InChI=1S/C14H21NO2/c1-10-4-2-5-11(14(10)17)9-15-12-6-3-7-13(16)8-12/h2,4-5,12-13,15-17H,3,6-9H2,1H3. The van der Waals surface area contributed by atoms with Crippen LogP contribution >= 0.6 is 0 Å². The van der Waals surface area contributed by atoms with Crippen LogP contribution in [-0.4, -0.2) is 22.4 Å². The molecule has 0 bridgehead atoms. The van der Waals surface area contributed by atoms with Gasteiger partial charge < -0.3 is 15.5 Å². The van der Waals surface area contributed by atoms with Crippen molar-refractivity contribution in [3.05, 3.63) is 29.3 Å². The molecule has 94 valence electrons. The molecule has 1 aromatic rings. The Morgan fingerprint density at radius 1 is 1.35 bits per heavy atom. The summed E-state index contributed by atoms with van der Waals surface area (Å²) in [6.45, 7) is 2.58. The third-order valence-electron chi connectivity index (χ3n) is 3.55. The predicted molar refractivity (Wildman–Crippen MR) is 67.9 cm³/mol. The molecule has 3 heteroatoms. The minimum atomic E-state index is -0.160. The number of para-hydroxylation sites is 1. The topological polar surface area (TPSA) is 52.5 Å². The monoisotopic (exact) mass is 235 g/mol. The number of benzene rings is 1. The van der Waals surface area contributed by atoms with Crippen LogP contribution in [-0.2, 0) is 6.54 Å². The lowest BCUT2D eigenvalue weighted by molar-refractivity contribution is 0.111. The molecule has 1 fully saturated rings. The highest BCUT2D eigenvalue weighted by Crippen LogP contribution is 2.23. The van der Waals surface area contributed by atoms with E-state index in [0.717, 1.165) is 36.8 Å². The molecule has 17 heavy (non-hydrogen) atoms. The summed E-state index contributed by atoms with van der Waals surface area (Å²) in [6.07, 6.45) is 3.79. The van der Waals surface area contributed by atoms with Gasteiger partial charge in [-0.3, -0.25) is 0 Å². The normalized spacial score (nSPS) is 24.8. The fourth-order valence-corrected chi connectivity index (χ4v) is 2.47. The number of aliphatic hydroxyl groups is 1. The largest absolute Gasteiger partial charge is 0.507 e. The van der Waals surface area contributed by atoms with Crippen molar-refractivity contribution < 1.29 is 10.2 Å². The Hall–Kier alpha value is -1.06. The molecule has 1 aliphatic carbocycles. The molecule has 1 saturated carbocycles. The number of aromatic hydroxyl groups is 1. The molecular weight excluding hydrogens is 214 g/mol. The van der Waals surface area contributed by atoms with E-state index in [1.165, 1.54) is 0 Å². The summed E-state index contributed by atoms with van der Waals surface area (Å²) in [6, 6.07) is 6.18. The highest BCUT2D eigenvalue weighted by atomic mass is 16.3. The second-order valence-electron chi connectivity index (χ2n) is 4.98. The summed E-state index contributed by atoms with van der Waals surface area (Å²) in [5, 5.41) is 22.9. The molecule has 0 aromatic heterocycles. The first-order valence-corrected chi connectivity index (χ1v) is 6.35. The third kappa shape index (κ3) is 3.20. The van der Waals surface area contributed by atoms with Gasteiger partial charge in [0.1, 0.15) is 5.75 Å². The van der Waals surface area contributed by atoms with Crippen molar-refractivity contribution in [2.75, 3.05) is 0 Å². The number of rotatable bonds is 3. The number of hydrogen-bond acceptors (Lipinski definition) is 3. The molecule has 0 saturated heterocycles. The van der Waals surface area contributed by atoms with Crippen LogP contribution in [0.3, 0.4) is 0 Å². The summed E-state index contributed by atoms with van der Waals surface area (Å²) >= 11 is 0. The number of nitrogens with one attached hydrogen (secondary N) is 1. The molecule has 0 spiro atoms. The molecule has 2 unspecified atom stereocenters. The van der Waals surface area contributed by atoms with Gasteiger partial charge in [0.2, 0.25) is 0 Å². The van der Waals surface area contributed by atoms with Gasteiger partial charge in [0, 0.05) is 18.2 Å². The Morgan fingerprint density at radius 3 is 2.94 bits per heavy atom. The van der Waals surface area contributed by atoms with Crippen molar-refractivity contribution in [3.8, 4) is 5.75 Å². The maximum atomic E-state index is 9.89. The van der Waals surface area contributed by atoms with E-state index in [0.29, 0.717) is 18.3 Å². The number of aryl methyl sites for hydroxylation is 1. The van der Waals surface area contributed by atoms with Crippen LogP contribution in [0.15, 0.2) is 18.2 Å². The van der Waals surface area contributed by atoms with Gasteiger partial charge >= 0.3 is 0 Å². The van der Waals surface area contributed by atoms with Crippen LogP contribution < -0.4 is 5.32 Å². The zero-order valence-electron chi connectivity index (χ0n) is 10.3. The van der Waals surface area contributed by atoms with Gasteiger partial charge in [0.05, 0.1) is 6.10 Å². The van der Waals surface area contributed by atoms with E-state index >= 15 is 0 Å². The second kappa shape index (κ2) is 5.52. The first-order chi connectivity index (χ1) is 8.16. The van der Waals surface area contributed by atoms with Crippen LogP contribution in [0.1, 0.15) is 36.8 Å². The number of hydrogen-bond donors (Lipinski definition) is 3. The fourth-order valence-electron chi connectivity index (χ4n) is 2.47. The van der Waals surface area contributed by atoms with Gasteiger partial charge in [0.15, 0.2) is 0 Å². The molecule has 0 heterocycles. The summed E-state index contributed by atoms with van der Waals surface area (Å²) in [4.78, 5) is 0. The number of phenols is 1. The van der Waals surface area contributed by atoms with Crippen LogP contribution in [0.4, 0.5) is 0 Å². The highest BCUT2D eigenvalue weighted by molar-refractivity contribution is 5.39. The van der Waals surface area contributed by atoms with Crippen LogP contribution in [0.5, 0.6) is 5.75 Å². The average molecular weight is 235 g/mol. The lowest BCUT2D eigenvalue weighted by Gasteiger charge is -2.27. The zero-order chi connectivity index (χ0) is 12.3. The molecule has 1 aromatic carbocycles. The Balaban J connectivity index is 1.91. The van der Waals surface area contributed by atoms with Crippen molar-refractivity contribution in [3.63, 3.8) is 0 Å². The SMILES string of the molecule is Cc1cccc(CNC2CCCC(O)C2)c1O. The number of aliphatic hydroxyl groups excluding tert-OH is 1. The Bertz CT molecular complexity index is 378. The molecule has 3 N–H and O–H groups in total. The maximum Gasteiger partial charge on any atom is 0.122 e. The van der Waals surface area contributed by atoms with Crippen molar-refractivity contribution in [1.29, 1.82) is 0 Å². The molecule has 0 aliphatic heterocycles. The zero-order valence-corrected chi connectivity index (χ0v) is 10.3. The molecular formula is C14H21NO2. The van der Waals surface area contributed by atoms with E-state index in [-0.39, 0.29) is 6.10 Å². The first-order valence-electron chi connectivity index (χ1n) is 6.35. The smallest absolute Gasteiger partial charge is 0.122 e. The molecule has 0 radical (unpaired) electrons. The third-order valence-corrected chi connectivity index (χ3v) is 3.55. The van der Waals surface area contributed by atoms with Crippen LogP contribution in [0.25, 0.3) is 0 Å². The summed E-state index contributed by atoms with van der Waals surface area (Å²) in [7, 11) is 0. The summed E-state index contributed by atoms with van der Waals surface area (Å²) in [5.41, 5.74) is 1.85. The van der Waals surface area contributed by atoms with Gasteiger partial charge in [-0.25, -0.2) is 0 Å². The lowest BCUT2D eigenvalue weighted by atomic mass is 9.93. The van der Waals surface area contributed by atoms with Gasteiger partial charge in [-0.2, -0.15) is 0 Å². The van der Waals surface area contributed by atoms with E-state index in [9.17, 15) is 10.2 Å².